The van der Waals surface area contributed by atoms with Gasteiger partial charge in [0.2, 0.25) is 0 Å². The fraction of sp³-hybridized carbons (Fsp3) is 0.308. The summed E-state index contributed by atoms with van der Waals surface area (Å²) >= 11 is 0. The molecule has 0 bridgehead atoms. The largest absolute Gasteiger partial charge is 0.494 e. The SMILES string of the molecule is CCOc1ccc(C2CC(C(=O)O)=NC(=O)N2)cc1. The minimum Gasteiger partial charge on any atom is -0.494 e. The number of benzene rings is 1. The van der Waals surface area contributed by atoms with Crippen LogP contribution in [0.1, 0.15) is 24.9 Å². The molecule has 1 aromatic carbocycles. The summed E-state index contributed by atoms with van der Waals surface area (Å²) in [5.74, 6) is -0.425. The highest BCUT2D eigenvalue weighted by atomic mass is 16.5. The number of carbonyl (C=O) groups is 2. The van der Waals surface area contributed by atoms with Crippen molar-refractivity contribution in [2.45, 2.75) is 19.4 Å². The van der Waals surface area contributed by atoms with Crippen molar-refractivity contribution in [3.05, 3.63) is 29.8 Å². The lowest BCUT2D eigenvalue weighted by atomic mass is 10.00. The zero-order chi connectivity index (χ0) is 13.8. The Morgan fingerprint density at radius 1 is 1.47 bits per heavy atom. The van der Waals surface area contributed by atoms with Gasteiger partial charge in [-0.15, -0.1) is 0 Å². The number of carbonyl (C=O) groups excluding carboxylic acids is 1. The lowest BCUT2D eigenvalue weighted by Crippen LogP contribution is -2.35. The number of carboxylic acid groups (broad SMARTS) is 1. The second kappa shape index (κ2) is 5.51. The van der Waals surface area contributed by atoms with Gasteiger partial charge in [0.05, 0.1) is 12.6 Å². The molecular formula is C13H14N2O4. The summed E-state index contributed by atoms with van der Waals surface area (Å²) in [6.45, 7) is 2.47. The lowest BCUT2D eigenvalue weighted by molar-refractivity contribution is -0.129. The monoisotopic (exact) mass is 262 g/mol. The van der Waals surface area contributed by atoms with E-state index in [4.69, 9.17) is 9.84 Å². The van der Waals surface area contributed by atoms with Crippen molar-refractivity contribution in [3.63, 3.8) is 0 Å². The van der Waals surface area contributed by atoms with Crippen LogP contribution in [0.2, 0.25) is 0 Å². The predicted octanol–water partition coefficient (Wildman–Crippen LogP) is 1.77. The molecule has 6 heteroatoms. The molecule has 2 N–H and O–H groups in total. The number of nitrogens with one attached hydrogen (secondary N) is 1. The maximum absolute atomic E-state index is 11.3. The molecule has 19 heavy (non-hydrogen) atoms. The number of urea groups is 1. The summed E-state index contributed by atoms with van der Waals surface area (Å²) in [5.41, 5.74) is 0.702. The molecule has 2 rings (SSSR count). The first-order valence-electron chi connectivity index (χ1n) is 5.94. The highest BCUT2D eigenvalue weighted by Crippen LogP contribution is 2.23. The number of hydrogen-bond donors (Lipinski definition) is 2. The van der Waals surface area contributed by atoms with Gasteiger partial charge in [-0.2, -0.15) is 4.99 Å². The maximum Gasteiger partial charge on any atom is 0.350 e. The average Bonchev–Trinajstić information content (AvgIpc) is 2.39. The van der Waals surface area contributed by atoms with Gasteiger partial charge >= 0.3 is 12.0 Å². The van der Waals surface area contributed by atoms with E-state index >= 15 is 0 Å². The van der Waals surface area contributed by atoms with E-state index < -0.39 is 12.0 Å². The Balaban J connectivity index is 2.16. The van der Waals surface area contributed by atoms with E-state index in [2.05, 4.69) is 10.3 Å². The van der Waals surface area contributed by atoms with Gasteiger partial charge in [-0.1, -0.05) is 12.1 Å². The maximum atomic E-state index is 11.3. The van der Waals surface area contributed by atoms with Crippen LogP contribution in [0.4, 0.5) is 4.79 Å². The van der Waals surface area contributed by atoms with E-state index in [9.17, 15) is 9.59 Å². The van der Waals surface area contributed by atoms with Crippen LogP contribution in [0.25, 0.3) is 0 Å². The van der Waals surface area contributed by atoms with Crippen LogP contribution in [-0.2, 0) is 4.79 Å². The number of rotatable bonds is 4. The van der Waals surface area contributed by atoms with Crippen LogP contribution in [0.5, 0.6) is 5.75 Å². The van der Waals surface area contributed by atoms with Crippen LogP contribution >= 0.6 is 0 Å². The molecule has 1 unspecified atom stereocenters. The summed E-state index contributed by atoms with van der Waals surface area (Å²) in [7, 11) is 0. The fourth-order valence-corrected chi connectivity index (χ4v) is 1.89. The average molecular weight is 262 g/mol. The van der Waals surface area contributed by atoms with Gasteiger partial charge in [0.25, 0.3) is 0 Å². The lowest BCUT2D eigenvalue weighted by Gasteiger charge is -2.21. The molecular weight excluding hydrogens is 248 g/mol. The minimum absolute atomic E-state index is 0.123. The number of aliphatic imine (C=N–C) groups is 1. The standard InChI is InChI=1S/C13H14N2O4/c1-2-19-9-5-3-8(4-6-9)10-7-11(12(16)17)15-13(18)14-10/h3-6,10H,2,7H2,1H3,(H,14,18)(H,16,17). The normalized spacial score (nSPS) is 18.5. The van der Waals surface area contributed by atoms with Crippen molar-refractivity contribution in [3.8, 4) is 5.75 Å². The van der Waals surface area contributed by atoms with Gasteiger partial charge in [0.15, 0.2) is 0 Å². The number of amides is 2. The minimum atomic E-state index is -1.16. The number of ether oxygens (including phenoxy) is 1. The Morgan fingerprint density at radius 2 is 2.16 bits per heavy atom. The second-order valence-corrected chi connectivity index (χ2v) is 4.07. The molecule has 0 saturated heterocycles. The molecule has 6 nitrogen and oxygen atoms in total. The molecule has 1 aliphatic heterocycles. The van der Waals surface area contributed by atoms with Gasteiger partial charge in [-0.3, -0.25) is 0 Å². The first kappa shape index (κ1) is 13.1. The molecule has 1 heterocycles. The third kappa shape index (κ3) is 3.09. The van der Waals surface area contributed by atoms with Crippen molar-refractivity contribution in [1.29, 1.82) is 0 Å². The number of nitrogens with zero attached hydrogens (tertiary/aromatic N) is 1. The molecule has 0 saturated carbocycles. The molecule has 100 valence electrons. The first-order valence-corrected chi connectivity index (χ1v) is 5.94. The zero-order valence-electron chi connectivity index (χ0n) is 10.4. The summed E-state index contributed by atoms with van der Waals surface area (Å²) in [6.07, 6.45) is 0.176. The highest BCUT2D eigenvalue weighted by Gasteiger charge is 2.26. The molecule has 2 amide bonds. The Labute approximate surface area is 110 Å². The van der Waals surface area contributed by atoms with E-state index in [1.807, 2.05) is 6.92 Å². The molecule has 0 radical (unpaired) electrons. The van der Waals surface area contributed by atoms with E-state index in [0.717, 1.165) is 11.3 Å². The Kier molecular flexibility index (Phi) is 3.79. The van der Waals surface area contributed by atoms with Gasteiger partial charge in [0.1, 0.15) is 11.5 Å². The first-order chi connectivity index (χ1) is 9.10. The molecule has 0 fully saturated rings. The summed E-state index contributed by atoms with van der Waals surface area (Å²) in [4.78, 5) is 25.7. The second-order valence-electron chi connectivity index (χ2n) is 4.07. The molecule has 1 aliphatic rings. The summed E-state index contributed by atoms with van der Waals surface area (Å²) in [5, 5.41) is 11.5. The van der Waals surface area contributed by atoms with Crippen molar-refractivity contribution in [1.82, 2.24) is 5.32 Å². The van der Waals surface area contributed by atoms with Crippen molar-refractivity contribution in [2.75, 3.05) is 6.61 Å². The van der Waals surface area contributed by atoms with E-state index in [1.165, 1.54) is 0 Å². The summed E-state index contributed by atoms with van der Waals surface area (Å²) < 4.78 is 5.32. The van der Waals surface area contributed by atoms with Crippen LogP contribution in [0, 0.1) is 0 Å². The molecule has 0 aromatic heterocycles. The molecule has 1 atom stereocenters. The zero-order valence-corrected chi connectivity index (χ0v) is 10.4. The number of carboxylic acids is 1. The molecule has 1 aromatic rings. The van der Waals surface area contributed by atoms with Crippen LogP contribution in [-0.4, -0.2) is 29.4 Å². The topological polar surface area (TPSA) is 88.0 Å². The number of aliphatic carboxylic acids is 1. The van der Waals surface area contributed by atoms with Crippen LogP contribution < -0.4 is 10.1 Å². The van der Waals surface area contributed by atoms with E-state index in [-0.39, 0.29) is 18.2 Å². The highest BCUT2D eigenvalue weighted by molar-refractivity contribution is 6.37. The number of hydrogen-bond acceptors (Lipinski definition) is 3. The van der Waals surface area contributed by atoms with Gasteiger partial charge in [0, 0.05) is 6.42 Å². The molecule has 0 aliphatic carbocycles. The Bertz CT molecular complexity index is 522. The Morgan fingerprint density at radius 3 is 2.74 bits per heavy atom. The third-order valence-corrected chi connectivity index (χ3v) is 2.77. The third-order valence-electron chi connectivity index (χ3n) is 2.77. The fourth-order valence-electron chi connectivity index (χ4n) is 1.89. The molecule has 0 spiro atoms. The smallest absolute Gasteiger partial charge is 0.350 e. The quantitative estimate of drug-likeness (QED) is 0.865. The summed E-state index contributed by atoms with van der Waals surface area (Å²) in [6, 6.07) is 6.20. The van der Waals surface area contributed by atoms with Crippen LogP contribution in [0.15, 0.2) is 29.3 Å². The van der Waals surface area contributed by atoms with E-state index in [0.29, 0.717) is 6.61 Å². The van der Waals surface area contributed by atoms with Crippen molar-refractivity contribution >= 4 is 17.7 Å². The van der Waals surface area contributed by atoms with Crippen molar-refractivity contribution < 1.29 is 19.4 Å². The van der Waals surface area contributed by atoms with Crippen molar-refractivity contribution in [2.24, 2.45) is 4.99 Å². The van der Waals surface area contributed by atoms with Crippen LogP contribution in [0.3, 0.4) is 0 Å². The van der Waals surface area contributed by atoms with Gasteiger partial charge in [-0.05, 0) is 24.6 Å². The van der Waals surface area contributed by atoms with Gasteiger partial charge in [-0.25, -0.2) is 9.59 Å². The Hall–Kier alpha value is -2.37. The van der Waals surface area contributed by atoms with E-state index in [1.54, 1.807) is 24.3 Å². The predicted molar refractivity (Wildman–Crippen MR) is 68.6 cm³/mol. The van der Waals surface area contributed by atoms with Gasteiger partial charge < -0.3 is 15.2 Å².